The summed E-state index contributed by atoms with van der Waals surface area (Å²) in [5.41, 5.74) is 7.03. The Labute approximate surface area is 89.1 Å². The largest absolute Gasteiger partial charge is 0.371 e. The lowest BCUT2D eigenvalue weighted by Crippen LogP contribution is -2.16. The molecule has 0 spiro atoms. The topological polar surface area (TPSA) is 35.2 Å². The van der Waals surface area contributed by atoms with Gasteiger partial charge in [0.15, 0.2) is 0 Å². The second kappa shape index (κ2) is 4.43. The summed E-state index contributed by atoms with van der Waals surface area (Å²) in [7, 11) is 0. The molecule has 0 amide bonds. The lowest BCUT2D eigenvalue weighted by atomic mass is 10.2. The minimum Gasteiger partial charge on any atom is -0.371 e. The monoisotopic (exact) mass is 211 g/mol. The fourth-order valence-corrected chi connectivity index (χ4v) is 2.49. The Morgan fingerprint density at radius 3 is 2.93 bits per heavy atom. The summed E-state index contributed by atoms with van der Waals surface area (Å²) in [5, 5.41) is 2.10. The quantitative estimate of drug-likeness (QED) is 0.812. The second-order valence-electron chi connectivity index (χ2n) is 3.97. The van der Waals surface area contributed by atoms with Crippen molar-refractivity contribution in [1.82, 2.24) is 0 Å². The van der Waals surface area contributed by atoms with Crippen molar-refractivity contribution < 1.29 is 4.74 Å². The molecule has 0 radical (unpaired) electrons. The molecule has 0 bridgehead atoms. The van der Waals surface area contributed by atoms with E-state index in [0.717, 1.165) is 12.5 Å². The summed E-state index contributed by atoms with van der Waals surface area (Å²) >= 11 is 1.75. The lowest BCUT2D eigenvalue weighted by Gasteiger charge is -2.15. The van der Waals surface area contributed by atoms with Crippen molar-refractivity contribution in [3.05, 3.63) is 21.9 Å². The Morgan fingerprint density at radius 2 is 2.43 bits per heavy atom. The van der Waals surface area contributed by atoms with E-state index in [9.17, 15) is 0 Å². The van der Waals surface area contributed by atoms with Gasteiger partial charge in [0.05, 0.1) is 6.61 Å². The maximum atomic E-state index is 5.83. The van der Waals surface area contributed by atoms with Gasteiger partial charge in [0.2, 0.25) is 0 Å². The molecule has 2 nitrogen and oxygen atoms in total. The highest BCUT2D eigenvalue weighted by molar-refractivity contribution is 7.10. The molecule has 1 unspecified atom stereocenters. The number of nitrogens with two attached hydrogens (primary N) is 1. The SMILES string of the molecule is Cc1ccsc1C(CN)OCC1CC1. The summed E-state index contributed by atoms with van der Waals surface area (Å²) in [4.78, 5) is 1.30. The first-order valence-electron chi connectivity index (χ1n) is 5.17. The number of rotatable bonds is 5. The van der Waals surface area contributed by atoms with Crippen LogP contribution in [0.2, 0.25) is 0 Å². The highest BCUT2D eigenvalue weighted by Gasteiger charge is 2.24. The van der Waals surface area contributed by atoms with Gasteiger partial charge in [0.1, 0.15) is 6.10 Å². The molecular weight excluding hydrogens is 194 g/mol. The normalized spacial score (nSPS) is 18.4. The highest BCUT2D eigenvalue weighted by Crippen LogP contribution is 2.32. The Kier molecular flexibility index (Phi) is 3.21. The first kappa shape index (κ1) is 10.1. The predicted molar refractivity (Wildman–Crippen MR) is 59.5 cm³/mol. The van der Waals surface area contributed by atoms with Crippen LogP contribution in [-0.2, 0) is 4.74 Å². The van der Waals surface area contributed by atoms with Crippen LogP contribution in [0.25, 0.3) is 0 Å². The average molecular weight is 211 g/mol. The Morgan fingerprint density at radius 1 is 1.64 bits per heavy atom. The third-order valence-electron chi connectivity index (χ3n) is 2.64. The predicted octanol–water partition coefficient (Wildman–Crippen LogP) is 2.48. The van der Waals surface area contributed by atoms with Gasteiger partial charge in [0, 0.05) is 11.4 Å². The molecule has 3 heteroatoms. The minimum atomic E-state index is 0.121. The Hall–Kier alpha value is -0.380. The maximum Gasteiger partial charge on any atom is 0.104 e. The molecule has 1 atom stereocenters. The molecule has 1 aliphatic rings. The van der Waals surface area contributed by atoms with Gasteiger partial charge in [0.25, 0.3) is 0 Å². The maximum absolute atomic E-state index is 5.83. The minimum absolute atomic E-state index is 0.121. The van der Waals surface area contributed by atoms with Crippen molar-refractivity contribution in [2.75, 3.05) is 13.2 Å². The molecule has 2 rings (SSSR count). The van der Waals surface area contributed by atoms with Gasteiger partial charge in [-0.05, 0) is 42.7 Å². The third kappa shape index (κ3) is 2.35. The van der Waals surface area contributed by atoms with Gasteiger partial charge in [-0.3, -0.25) is 0 Å². The van der Waals surface area contributed by atoms with Gasteiger partial charge < -0.3 is 10.5 Å². The molecule has 1 fully saturated rings. The number of hydrogen-bond donors (Lipinski definition) is 1. The Bertz CT molecular complexity index is 293. The Balaban J connectivity index is 1.93. The van der Waals surface area contributed by atoms with Crippen molar-refractivity contribution in [3.8, 4) is 0 Å². The third-order valence-corrected chi connectivity index (χ3v) is 3.75. The molecule has 0 aliphatic heterocycles. The molecular formula is C11H17NOS. The lowest BCUT2D eigenvalue weighted by molar-refractivity contribution is 0.0530. The van der Waals surface area contributed by atoms with Crippen molar-refractivity contribution in [1.29, 1.82) is 0 Å². The summed E-state index contributed by atoms with van der Waals surface area (Å²) in [6.45, 7) is 3.60. The molecule has 1 aromatic rings. The van der Waals surface area contributed by atoms with Crippen LogP contribution >= 0.6 is 11.3 Å². The summed E-state index contributed by atoms with van der Waals surface area (Å²) in [6, 6.07) is 2.13. The van der Waals surface area contributed by atoms with E-state index in [1.54, 1.807) is 11.3 Å². The standard InChI is InChI=1S/C11H17NOS/c1-8-4-5-14-11(8)10(6-12)13-7-9-2-3-9/h4-5,9-10H,2-3,6-7,12H2,1H3. The van der Waals surface area contributed by atoms with E-state index in [-0.39, 0.29) is 6.10 Å². The molecule has 0 saturated heterocycles. The van der Waals surface area contributed by atoms with Gasteiger partial charge in [-0.2, -0.15) is 0 Å². The van der Waals surface area contributed by atoms with Gasteiger partial charge in [-0.1, -0.05) is 0 Å². The van der Waals surface area contributed by atoms with Crippen LogP contribution < -0.4 is 5.73 Å². The molecule has 1 heterocycles. The van der Waals surface area contributed by atoms with Crippen LogP contribution in [0.4, 0.5) is 0 Å². The summed E-state index contributed by atoms with van der Waals surface area (Å²) < 4.78 is 5.83. The van der Waals surface area contributed by atoms with Gasteiger partial charge in [-0.25, -0.2) is 0 Å². The van der Waals surface area contributed by atoms with E-state index < -0.39 is 0 Å². The van der Waals surface area contributed by atoms with Gasteiger partial charge >= 0.3 is 0 Å². The average Bonchev–Trinajstić information content (AvgIpc) is 2.92. The number of ether oxygens (including phenoxy) is 1. The molecule has 78 valence electrons. The van der Waals surface area contributed by atoms with E-state index in [4.69, 9.17) is 10.5 Å². The molecule has 14 heavy (non-hydrogen) atoms. The smallest absolute Gasteiger partial charge is 0.104 e. The van der Waals surface area contributed by atoms with Crippen LogP contribution in [0.15, 0.2) is 11.4 Å². The molecule has 1 aromatic heterocycles. The fraction of sp³-hybridized carbons (Fsp3) is 0.636. The van der Waals surface area contributed by atoms with E-state index in [1.807, 2.05) is 0 Å². The first-order valence-corrected chi connectivity index (χ1v) is 6.05. The zero-order valence-electron chi connectivity index (χ0n) is 8.53. The number of thiophene rings is 1. The molecule has 2 N–H and O–H groups in total. The zero-order valence-corrected chi connectivity index (χ0v) is 9.35. The second-order valence-corrected chi connectivity index (χ2v) is 4.92. The van der Waals surface area contributed by atoms with E-state index in [2.05, 4.69) is 18.4 Å². The van der Waals surface area contributed by atoms with Crippen molar-refractivity contribution in [2.45, 2.75) is 25.9 Å². The van der Waals surface area contributed by atoms with E-state index >= 15 is 0 Å². The molecule has 0 aromatic carbocycles. The van der Waals surface area contributed by atoms with Gasteiger partial charge in [-0.15, -0.1) is 11.3 Å². The van der Waals surface area contributed by atoms with Crippen molar-refractivity contribution in [3.63, 3.8) is 0 Å². The molecule has 1 aliphatic carbocycles. The van der Waals surface area contributed by atoms with Crippen LogP contribution in [0, 0.1) is 12.8 Å². The summed E-state index contributed by atoms with van der Waals surface area (Å²) in [6.07, 6.45) is 2.79. The zero-order chi connectivity index (χ0) is 9.97. The summed E-state index contributed by atoms with van der Waals surface area (Å²) in [5.74, 6) is 0.810. The fourth-order valence-electron chi connectivity index (χ4n) is 1.50. The van der Waals surface area contributed by atoms with Crippen molar-refractivity contribution >= 4 is 11.3 Å². The van der Waals surface area contributed by atoms with Crippen LogP contribution in [0.1, 0.15) is 29.4 Å². The van der Waals surface area contributed by atoms with E-state index in [0.29, 0.717) is 6.54 Å². The number of aryl methyl sites for hydroxylation is 1. The number of hydrogen-bond acceptors (Lipinski definition) is 3. The first-order chi connectivity index (χ1) is 6.81. The molecule has 1 saturated carbocycles. The van der Waals surface area contributed by atoms with Crippen LogP contribution in [-0.4, -0.2) is 13.2 Å². The van der Waals surface area contributed by atoms with Crippen LogP contribution in [0.5, 0.6) is 0 Å². The van der Waals surface area contributed by atoms with Crippen LogP contribution in [0.3, 0.4) is 0 Å². The van der Waals surface area contributed by atoms with Crippen molar-refractivity contribution in [2.24, 2.45) is 11.7 Å². The highest BCUT2D eigenvalue weighted by atomic mass is 32.1. The van der Waals surface area contributed by atoms with E-state index in [1.165, 1.54) is 23.3 Å².